The standard InChI is InChI=1S/C18H18N4O2S/c1-9(2)14-12-6-13(18(23)24-4)25-17(12)21-15(14)11-5-10(3)16-19-8-20-22(16)7-11/h5-9,21H,1-4H3. The van der Waals surface area contributed by atoms with Gasteiger partial charge in [0.1, 0.15) is 16.0 Å². The minimum atomic E-state index is -0.300. The highest BCUT2D eigenvalue weighted by atomic mass is 32.1. The van der Waals surface area contributed by atoms with Crippen molar-refractivity contribution in [1.29, 1.82) is 0 Å². The number of fused-ring (bicyclic) bond motifs is 2. The maximum Gasteiger partial charge on any atom is 0.348 e. The van der Waals surface area contributed by atoms with Gasteiger partial charge in [-0.3, -0.25) is 0 Å². The summed E-state index contributed by atoms with van der Waals surface area (Å²) in [6.07, 6.45) is 3.54. The molecular formula is C18H18N4O2S. The zero-order chi connectivity index (χ0) is 17.7. The van der Waals surface area contributed by atoms with Gasteiger partial charge < -0.3 is 9.72 Å². The third kappa shape index (κ3) is 2.42. The van der Waals surface area contributed by atoms with Crippen molar-refractivity contribution < 1.29 is 9.53 Å². The molecule has 6 nitrogen and oxygen atoms in total. The average Bonchev–Trinajstić information content (AvgIpc) is 3.26. The molecule has 4 rings (SSSR count). The monoisotopic (exact) mass is 354 g/mol. The number of H-pyrrole nitrogens is 1. The molecule has 0 spiro atoms. The van der Waals surface area contributed by atoms with Gasteiger partial charge in [0.05, 0.1) is 12.8 Å². The van der Waals surface area contributed by atoms with Crippen LogP contribution in [-0.4, -0.2) is 32.7 Å². The molecule has 0 aromatic carbocycles. The van der Waals surface area contributed by atoms with E-state index in [1.807, 2.05) is 19.2 Å². The molecule has 7 heteroatoms. The number of hydrogen-bond acceptors (Lipinski definition) is 5. The van der Waals surface area contributed by atoms with Gasteiger partial charge in [0.25, 0.3) is 0 Å². The number of rotatable bonds is 3. The second-order valence-corrected chi connectivity index (χ2v) is 7.41. The number of pyridine rings is 1. The molecule has 0 unspecified atom stereocenters. The van der Waals surface area contributed by atoms with Crippen LogP contribution >= 0.6 is 11.3 Å². The molecule has 4 aromatic heterocycles. The lowest BCUT2D eigenvalue weighted by atomic mass is 9.97. The van der Waals surface area contributed by atoms with Crippen LogP contribution < -0.4 is 0 Å². The fraction of sp³-hybridized carbons (Fsp3) is 0.278. The summed E-state index contributed by atoms with van der Waals surface area (Å²) in [6, 6.07) is 4.04. The van der Waals surface area contributed by atoms with Gasteiger partial charge in [0, 0.05) is 17.1 Å². The lowest BCUT2D eigenvalue weighted by molar-refractivity contribution is 0.0606. The zero-order valence-corrected chi connectivity index (χ0v) is 15.3. The van der Waals surface area contributed by atoms with Gasteiger partial charge in [-0.25, -0.2) is 14.3 Å². The van der Waals surface area contributed by atoms with Crippen molar-refractivity contribution in [2.75, 3.05) is 7.11 Å². The number of aromatic amines is 1. The largest absolute Gasteiger partial charge is 0.465 e. The van der Waals surface area contributed by atoms with Crippen LogP contribution in [0.25, 0.3) is 27.1 Å². The van der Waals surface area contributed by atoms with E-state index in [1.165, 1.54) is 24.0 Å². The molecule has 1 N–H and O–H groups in total. The Kier molecular flexibility index (Phi) is 3.61. The van der Waals surface area contributed by atoms with Crippen LogP contribution in [0.1, 0.15) is 40.6 Å². The van der Waals surface area contributed by atoms with Gasteiger partial charge in [-0.1, -0.05) is 13.8 Å². The number of carbonyl (C=O) groups is 1. The zero-order valence-electron chi connectivity index (χ0n) is 14.5. The Balaban J connectivity index is 1.95. The fourth-order valence-electron chi connectivity index (χ4n) is 3.26. The number of nitrogens with one attached hydrogen (secondary N) is 1. The van der Waals surface area contributed by atoms with E-state index in [2.05, 4.69) is 35.0 Å². The molecule has 0 saturated carbocycles. The van der Waals surface area contributed by atoms with Crippen LogP contribution in [-0.2, 0) is 4.74 Å². The Morgan fingerprint density at radius 3 is 2.88 bits per heavy atom. The lowest BCUT2D eigenvalue weighted by Crippen LogP contribution is -1.98. The summed E-state index contributed by atoms with van der Waals surface area (Å²) in [5, 5.41) is 5.34. The van der Waals surface area contributed by atoms with Crippen molar-refractivity contribution >= 4 is 33.2 Å². The van der Waals surface area contributed by atoms with E-state index >= 15 is 0 Å². The molecule has 0 aliphatic heterocycles. The molecule has 128 valence electrons. The summed E-state index contributed by atoms with van der Waals surface area (Å²) < 4.78 is 6.64. The first-order valence-corrected chi connectivity index (χ1v) is 8.85. The number of methoxy groups -OCH3 is 1. The number of nitrogens with zero attached hydrogens (tertiary/aromatic N) is 3. The van der Waals surface area contributed by atoms with Crippen LogP contribution in [0, 0.1) is 6.92 Å². The second-order valence-electron chi connectivity index (χ2n) is 6.35. The maximum absolute atomic E-state index is 11.8. The van der Waals surface area contributed by atoms with E-state index in [9.17, 15) is 4.79 Å². The fourth-order valence-corrected chi connectivity index (χ4v) is 4.25. The van der Waals surface area contributed by atoms with Gasteiger partial charge >= 0.3 is 5.97 Å². The number of esters is 1. The SMILES string of the molecule is COC(=O)c1cc2c(C(C)C)c(-c3cc(C)c4ncnn4c3)[nH]c2s1. The van der Waals surface area contributed by atoms with Gasteiger partial charge in [0.2, 0.25) is 0 Å². The third-order valence-corrected chi connectivity index (χ3v) is 5.37. The molecule has 4 aromatic rings. The lowest BCUT2D eigenvalue weighted by Gasteiger charge is -2.10. The predicted molar refractivity (Wildman–Crippen MR) is 98.3 cm³/mol. The maximum atomic E-state index is 11.8. The van der Waals surface area contributed by atoms with Crippen LogP contribution in [0.3, 0.4) is 0 Å². The summed E-state index contributed by atoms with van der Waals surface area (Å²) in [5.74, 6) is 0.00123. The molecule has 0 aliphatic rings. The Hall–Kier alpha value is -2.67. The van der Waals surface area contributed by atoms with E-state index < -0.39 is 0 Å². The third-order valence-electron chi connectivity index (χ3n) is 4.34. The first-order valence-electron chi connectivity index (χ1n) is 8.03. The number of aromatic nitrogens is 4. The summed E-state index contributed by atoms with van der Waals surface area (Å²) in [6.45, 7) is 6.34. The molecule has 0 bridgehead atoms. The van der Waals surface area contributed by atoms with Crippen molar-refractivity contribution in [2.24, 2.45) is 0 Å². The van der Waals surface area contributed by atoms with Crippen molar-refractivity contribution in [1.82, 2.24) is 19.6 Å². The topological polar surface area (TPSA) is 72.3 Å². The smallest absolute Gasteiger partial charge is 0.348 e. The molecule has 0 radical (unpaired) electrons. The van der Waals surface area contributed by atoms with Gasteiger partial charge in [-0.15, -0.1) is 11.3 Å². The molecule has 0 amide bonds. The molecule has 25 heavy (non-hydrogen) atoms. The van der Waals surface area contributed by atoms with Gasteiger partial charge in [0.15, 0.2) is 5.65 Å². The Morgan fingerprint density at radius 1 is 1.36 bits per heavy atom. The quantitative estimate of drug-likeness (QED) is 0.561. The van der Waals surface area contributed by atoms with Crippen LogP contribution in [0.5, 0.6) is 0 Å². The van der Waals surface area contributed by atoms with Crippen LogP contribution in [0.4, 0.5) is 0 Å². The highest BCUT2D eigenvalue weighted by Crippen LogP contribution is 2.39. The van der Waals surface area contributed by atoms with E-state index in [4.69, 9.17) is 4.74 Å². The van der Waals surface area contributed by atoms with Crippen molar-refractivity contribution in [2.45, 2.75) is 26.7 Å². The molecule has 4 heterocycles. The Bertz CT molecular complexity index is 1100. The van der Waals surface area contributed by atoms with E-state index in [0.717, 1.165) is 32.7 Å². The normalized spacial score (nSPS) is 11.7. The average molecular weight is 354 g/mol. The van der Waals surface area contributed by atoms with Crippen molar-refractivity contribution in [3.8, 4) is 11.3 Å². The first kappa shape index (κ1) is 15.8. The number of ether oxygens (including phenoxy) is 1. The minimum Gasteiger partial charge on any atom is -0.465 e. The van der Waals surface area contributed by atoms with Gasteiger partial charge in [-0.05, 0) is 36.1 Å². The highest BCUT2D eigenvalue weighted by Gasteiger charge is 2.21. The van der Waals surface area contributed by atoms with E-state index in [1.54, 1.807) is 10.8 Å². The van der Waals surface area contributed by atoms with Crippen LogP contribution in [0.15, 0.2) is 24.7 Å². The van der Waals surface area contributed by atoms with E-state index in [-0.39, 0.29) is 5.97 Å². The number of thiophene rings is 1. The summed E-state index contributed by atoms with van der Waals surface area (Å²) in [5.41, 5.74) is 5.24. The Morgan fingerprint density at radius 2 is 2.16 bits per heavy atom. The second kappa shape index (κ2) is 5.70. The molecular weight excluding hydrogens is 336 g/mol. The molecule has 0 atom stereocenters. The number of hydrogen-bond donors (Lipinski definition) is 1. The number of carbonyl (C=O) groups excluding carboxylic acids is 1. The Labute approximate surface area is 148 Å². The number of aryl methyl sites for hydroxylation is 1. The predicted octanol–water partition coefficient (Wildman–Crippen LogP) is 4.16. The van der Waals surface area contributed by atoms with Crippen molar-refractivity contribution in [3.05, 3.63) is 40.7 Å². The molecule has 0 saturated heterocycles. The van der Waals surface area contributed by atoms with Crippen molar-refractivity contribution in [3.63, 3.8) is 0 Å². The van der Waals surface area contributed by atoms with E-state index in [0.29, 0.717) is 10.8 Å². The summed E-state index contributed by atoms with van der Waals surface area (Å²) in [7, 11) is 1.40. The summed E-state index contributed by atoms with van der Waals surface area (Å²) >= 11 is 1.42. The first-order chi connectivity index (χ1) is 12.0. The minimum absolute atomic E-state index is 0.300. The summed E-state index contributed by atoms with van der Waals surface area (Å²) in [4.78, 5) is 21.2. The van der Waals surface area contributed by atoms with Gasteiger partial charge in [-0.2, -0.15) is 5.10 Å². The van der Waals surface area contributed by atoms with Crippen LogP contribution in [0.2, 0.25) is 0 Å². The molecule has 0 aliphatic carbocycles. The highest BCUT2D eigenvalue weighted by molar-refractivity contribution is 7.20. The molecule has 0 fully saturated rings.